The first kappa shape index (κ1) is 10.1. The van der Waals surface area contributed by atoms with Gasteiger partial charge >= 0.3 is 5.97 Å². The van der Waals surface area contributed by atoms with Crippen LogP contribution in [0.2, 0.25) is 0 Å². The smallest absolute Gasteiger partial charge is 0.309 e. The quantitative estimate of drug-likeness (QED) is 0.918. The standard InChI is InChI=1S/C9H10BrNO2S/c10-8-2-1-7(14-8)5-11-3-6(4-11)9(12)13/h1-2,6H,3-5H2,(H,12,13). The normalized spacial score (nSPS) is 18.1. The summed E-state index contributed by atoms with van der Waals surface area (Å²) in [5, 5.41) is 8.69. The van der Waals surface area contributed by atoms with Crippen LogP contribution in [0.3, 0.4) is 0 Å². The monoisotopic (exact) mass is 275 g/mol. The molecule has 0 bridgehead atoms. The van der Waals surface area contributed by atoms with Crippen LogP contribution in [0.25, 0.3) is 0 Å². The molecule has 0 amide bonds. The van der Waals surface area contributed by atoms with Crippen LogP contribution in [0.5, 0.6) is 0 Å². The van der Waals surface area contributed by atoms with Gasteiger partial charge in [-0.05, 0) is 28.1 Å². The van der Waals surface area contributed by atoms with Crippen LogP contribution >= 0.6 is 27.3 Å². The lowest BCUT2D eigenvalue weighted by Crippen LogP contribution is -2.49. The van der Waals surface area contributed by atoms with E-state index in [-0.39, 0.29) is 5.92 Å². The maximum absolute atomic E-state index is 10.6. The summed E-state index contributed by atoms with van der Waals surface area (Å²) in [6, 6.07) is 4.09. The van der Waals surface area contributed by atoms with Gasteiger partial charge in [-0.2, -0.15) is 0 Å². The molecule has 2 rings (SSSR count). The van der Waals surface area contributed by atoms with Crippen molar-refractivity contribution in [2.75, 3.05) is 13.1 Å². The van der Waals surface area contributed by atoms with E-state index >= 15 is 0 Å². The number of rotatable bonds is 3. The Labute approximate surface area is 94.5 Å². The van der Waals surface area contributed by atoms with Gasteiger partial charge in [0, 0.05) is 24.5 Å². The zero-order chi connectivity index (χ0) is 10.1. The number of hydrogen-bond acceptors (Lipinski definition) is 3. The molecule has 2 heterocycles. The number of carbonyl (C=O) groups is 1. The highest BCUT2D eigenvalue weighted by Gasteiger charge is 2.32. The molecule has 5 heteroatoms. The van der Waals surface area contributed by atoms with Crippen LogP contribution in [0, 0.1) is 5.92 Å². The fourth-order valence-corrected chi connectivity index (χ4v) is 3.04. The van der Waals surface area contributed by atoms with Gasteiger partial charge in [0.1, 0.15) is 0 Å². The SMILES string of the molecule is O=C(O)C1CN(Cc2ccc(Br)s2)C1. The highest BCUT2D eigenvalue weighted by Crippen LogP contribution is 2.26. The lowest BCUT2D eigenvalue weighted by atomic mass is 10.0. The van der Waals surface area contributed by atoms with Gasteiger partial charge in [-0.1, -0.05) is 0 Å². The number of thiophene rings is 1. The van der Waals surface area contributed by atoms with Crippen molar-refractivity contribution in [2.24, 2.45) is 5.92 Å². The van der Waals surface area contributed by atoms with Gasteiger partial charge in [-0.15, -0.1) is 11.3 Å². The van der Waals surface area contributed by atoms with E-state index in [4.69, 9.17) is 5.11 Å². The molecule has 1 aromatic rings. The van der Waals surface area contributed by atoms with Gasteiger partial charge in [-0.3, -0.25) is 9.69 Å². The predicted molar refractivity (Wildman–Crippen MR) is 58.4 cm³/mol. The van der Waals surface area contributed by atoms with E-state index in [1.165, 1.54) is 4.88 Å². The minimum Gasteiger partial charge on any atom is -0.481 e. The van der Waals surface area contributed by atoms with Crippen molar-refractivity contribution in [3.8, 4) is 0 Å². The summed E-state index contributed by atoms with van der Waals surface area (Å²) in [7, 11) is 0. The van der Waals surface area contributed by atoms with Gasteiger partial charge in [0.15, 0.2) is 0 Å². The van der Waals surface area contributed by atoms with Gasteiger partial charge < -0.3 is 5.11 Å². The van der Waals surface area contributed by atoms with Crippen LogP contribution in [0.15, 0.2) is 15.9 Å². The number of halogens is 1. The molecule has 0 spiro atoms. The Balaban J connectivity index is 1.82. The lowest BCUT2D eigenvalue weighted by Gasteiger charge is -2.36. The van der Waals surface area contributed by atoms with Crippen LogP contribution in [-0.2, 0) is 11.3 Å². The largest absolute Gasteiger partial charge is 0.481 e. The molecule has 1 aliphatic rings. The molecule has 0 unspecified atom stereocenters. The van der Waals surface area contributed by atoms with Crippen LogP contribution in [0.1, 0.15) is 4.88 Å². The first-order valence-electron chi connectivity index (χ1n) is 4.34. The predicted octanol–water partition coefficient (Wildman–Crippen LogP) is 2.03. The van der Waals surface area contributed by atoms with Crippen molar-refractivity contribution in [2.45, 2.75) is 6.54 Å². The van der Waals surface area contributed by atoms with Gasteiger partial charge in [0.2, 0.25) is 0 Å². The molecule has 14 heavy (non-hydrogen) atoms. The molecule has 1 saturated heterocycles. The third-order valence-corrected chi connectivity index (χ3v) is 3.92. The summed E-state index contributed by atoms with van der Waals surface area (Å²) in [6.07, 6.45) is 0. The summed E-state index contributed by atoms with van der Waals surface area (Å²) in [6.45, 7) is 2.25. The molecule has 3 nitrogen and oxygen atoms in total. The Morgan fingerprint density at radius 3 is 2.86 bits per heavy atom. The molecule has 0 atom stereocenters. The molecule has 1 aromatic heterocycles. The third kappa shape index (κ3) is 2.16. The van der Waals surface area contributed by atoms with Crippen molar-refractivity contribution < 1.29 is 9.90 Å². The van der Waals surface area contributed by atoms with E-state index in [1.54, 1.807) is 11.3 Å². The number of likely N-dealkylation sites (tertiary alicyclic amines) is 1. The topological polar surface area (TPSA) is 40.5 Å². The molecule has 1 aliphatic heterocycles. The van der Waals surface area contributed by atoms with Gasteiger partial charge in [0.25, 0.3) is 0 Å². The highest BCUT2D eigenvalue weighted by atomic mass is 79.9. The van der Waals surface area contributed by atoms with E-state index in [0.29, 0.717) is 13.1 Å². The molecule has 1 N–H and O–H groups in total. The van der Waals surface area contributed by atoms with Crippen molar-refractivity contribution in [3.63, 3.8) is 0 Å². The zero-order valence-corrected chi connectivity index (χ0v) is 9.84. The Kier molecular flexibility index (Phi) is 2.90. The average molecular weight is 276 g/mol. The maximum Gasteiger partial charge on any atom is 0.309 e. The number of hydrogen-bond donors (Lipinski definition) is 1. The van der Waals surface area contributed by atoms with Crippen LogP contribution in [0.4, 0.5) is 0 Å². The first-order valence-corrected chi connectivity index (χ1v) is 5.95. The first-order chi connectivity index (χ1) is 6.65. The second-order valence-corrected chi connectivity index (χ2v) is 5.98. The number of carboxylic acids is 1. The highest BCUT2D eigenvalue weighted by molar-refractivity contribution is 9.11. The maximum atomic E-state index is 10.6. The Morgan fingerprint density at radius 1 is 1.64 bits per heavy atom. The van der Waals surface area contributed by atoms with E-state index in [0.717, 1.165) is 10.3 Å². The van der Waals surface area contributed by atoms with E-state index in [2.05, 4.69) is 26.9 Å². The fourth-order valence-electron chi connectivity index (χ4n) is 1.51. The molecule has 0 aromatic carbocycles. The van der Waals surface area contributed by atoms with Gasteiger partial charge in [-0.25, -0.2) is 0 Å². The number of nitrogens with zero attached hydrogens (tertiary/aromatic N) is 1. The van der Waals surface area contributed by atoms with Crippen molar-refractivity contribution in [3.05, 3.63) is 20.8 Å². The van der Waals surface area contributed by atoms with Crippen LogP contribution in [-0.4, -0.2) is 29.1 Å². The lowest BCUT2D eigenvalue weighted by molar-refractivity contribution is -0.147. The summed E-state index contributed by atoms with van der Waals surface area (Å²) in [4.78, 5) is 14.0. The molecule has 0 aliphatic carbocycles. The van der Waals surface area contributed by atoms with Crippen LogP contribution < -0.4 is 0 Å². The van der Waals surface area contributed by atoms with E-state index in [1.807, 2.05) is 6.07 Å². The number of aliphatic carboxylic acids is 1. The van der Waals surface area contributed by atoms with Crippen molar-refractivity contribution >= 4 is 33.2 Å². The Bertz CT molecular complexity index is 346. The Hall–Kier alpha value is -0.390. The zero-order valence-electron chi connectivity index (χ0n) is 7.44. The summed E-state index contributed by atoms with van der Waals surface area (Å²) in [5.41, 5.74) is 0. The second-order valence-electron chi connectivity index (χ2n) is 3.44. The van der Waals surface area contributed by atoms with Crippen molar-refractivity contribution in [1.29, 1.82) is 0 Å². The fraction of sp³-hybridized carbons (Fsp3) is 0.444. The third-order valence-electron chi connectivity index (χ3n) is 2.31. The molecular weight excluding hydrogens is 266 g/mol. The minimum atomic E-state index is -0.673. The van der Waals surface area contributed by atoms with E-state index < -0.39 is 5.97 Å². The molecule has 0 radical (unpaired) electrons. The second kappa shape index (κ2) is 4.00. The minimum absolute atomic E-state index is 0.154. The molecular formula is C9H10BrNO2S. The average Bonchev–Trinajstić information content (AvgIpc) is 2.42. The number of carboxylic acid groups (broad SMARTS) is 1. The summed E-state index contributed by atoms with van der Waals surface area (Å²) in [5.74, 6) is -0.827. The Morgan fingerprint density at radius 2 is 2.36 bits per heavy atom. The summed E-state index contributed by atoms with van der Waals surface area (Å²) < 4.78 is 1.13. The molecule has 0 saturated carbocycles. The van der Waals surface area contributed by atoms with E-state index in [9.17, 15) is 4.79 Å². The van der Waals surface area contributed by atoms with Crippen molar-refractivity contribution in [1.82, 2.24) is 4.90 Å². The summed E-state index contributed by atoms with van der Waals surface area (Å²) >= 11 is 5.11. The molecule has 1 fully saturated rings. The molecule has 76 valence electrons. The van der Waals surface area contributed by atoms with Gasteiger partial charge in [0.05, 0.1) is 9.70 Å².